The molecule has 27 heavy (non-hydrogen) atoms. The molecule has 1 aliphatic rings. The number of carbonyl (C=O) groups is 1. The number of hydrogen-bond donors (Lipinski definition) is 2. The monoisotopic (exact) mass is 371 g/mol. The smallest absolute Gasteiger partial charge is 0.317 e. The Balaban J connectivity index is 1.38. The Kier molecular flexibility index (Phi) is 4.71. The number of hydrogen-bond acceptors (Lipinski definition) is 7. The lowest BCUT2D eigenvalue weighted by Crippen LogP contribution is -2.45. The third-order valence-corrected chi connectivity index (χ3v) is 4.98. The van der Waals surface area contributed by atoms with Crippen molar-refractivity contribution >= 4 is 17.1 Å². The summed E-state index contributed by atoms with van der Waals surface area (Å²) in [5.74, 6) is 1.45. The van der Waals surface area contributed by atoms with Crippen LogP contribution in [-0.2, 0) is 20.2 Å². The molecule has 1 aromatic carbocycles. The second kappa shape index (κ2) is 7.31. The number of benzene rings is 1. The molecule has 4 rings (SSSR count). The van der Waals surface area contributed by atoms with Gasteiger partial charge in [-0.05, 0) is 40.9 Å². The average molecular weight is 371 g/mol. The van der Waals surface area contributed by atoms with Crippen molar-refractivity contribution in [1.29, 1.82) is 0 Å². The Bertz CT molecular complexity index is 951. The minimum atomic E-state index is -0.147. The molecular weight excluding hydrogens is 350 g/mol. The van der Waals surface area contributed by atoms with E-state index in [4.69, 9.17) is 0 Å². The average Bonchev–Trinajstić information content (AvgIpc) is 3.31. The third-order valence-electron chi connectivity index (χ3n) is 4.98. The Morgan fingerprint density at radius 3 is 3.00 bits per heavy atom. The number of aromatic nitrogens is 5. The largest absolute Gasteiger partial charge is 0.388 e. The van der Waals surface area contributed by atoms with Gasteiger partial charge in [0.25, 0.3) is 0 Å². The first-order valence-corrected chi connectivity index (χ1v) is 8.88. The van der Waals surface area contributed by atoms with Crippen molar-refractivity contribution in [2.75, 3.05) is 13.1 Å². The van der Waals surface area contributed by atoms with Gasteiger partial charge in [0.1, 0.15) is 23.5 Å². The predicted octanol–water partition coefficient (Wildman–Crippen LogP) is 0.933. The first-order chi connectivity index (χ1) is 13.2. The van der Waals surface area contributed by atoms with Crippen LogP contribution in [0.4, 0.5) is 4.79 Å². The molecule has 142 valence electrons. The van der Waals surface area contributed by atoms with Crippen LogP contribution < -0.4 is 5.32 Å². The number of piperidine rings is 1. The van der Waals surface area contributed by atoms with E-state index in [0.29, 0.717) is 36.5 Å². The molecule has 0 saturated carbocycles. The van der Waals surface area contributed by atoms with Gasteiger partial charge >= 0.3 is 6.03 Å². The topological polar surface area (TPSA) is 122 Å². The van der Waals surface area contributed by atoms with E-state index >= 15 is 0 Å². The van der Waals surface area contributed by atoms with Crippen LogP contribution in [0.1, 0.15) is 36.0 Å². The summed E-state index contributed by atoms with van der Waals surface area (Å²) in [6, 6.07) is 5.45. The SMILES string of the molecule is Cn1c(CO)nnc1[C@H]1CCCN(C(=O)NCc2ccc3nonc3c2)C1. The summed E-state index contributed by atoms with van der Waals surface area (Å²) in [5.41, 5.74) is 2.29. The van der Waals surface area contributed by atoms with Gasteiger partial charge in [0.2, 0.25) is 0 Å². The van der Waals surface area contributed by atoms with Crippen molar-refractivity contribution in [3.63, 3.8) is 0 Å². The van der Waals surface area contributed by atoms with E-state index in [1.165, 1.54) is 0 Å². The molecule has 1 saturated heterocycles. The second-order valence-corrected chi connectivity index (χ2v) is 6.72. The first-order valence-electron chi connectivity index (χ1n) is 8.88. The second-order valence-electron chi connectivity index (χ2n) is 6.72. The predicted molar refractivity (Wildman–Crippen MR) is 94.5 cm³/mol. The fraction of sp³-hybridized carbons (Fsp3) is 0.471. The fourth-order valence-corrected chi connectivity index (χ4v) is 3.47. The molecule has 3 aromatic rings. The minimum absolute atomic E-state index is 0.109. The van der Waals surface area contributed by atoms with Gasteiger partial charge in [-0.25, -0.2) is 9.42 Å². The highest BCUT2D eigenvalue weighted by molar-refractivity contribution is 5.76. The number of likely N-dealkylation sites (tertiary alicyclic amines) is 1. The summed E-state index contributed by atoms with van der Waals surface area (Å²) >= 11 is 0. The molecule has 2 N–H and O–H groups in total. The maximum Gasteiger partial charge on any atom is 0.317 e. The molecule has 0 aliphatic carbocycles. The molecule has 10 heteroatoms. The zero-order valence-electron chi connectivity index (χ0n) is 15.0. The molecule has 1 aliphatic heterocycles. The Labute approximate surface area is 155 Å². The highest BCUT2D eigenvalue weighted by Crippen LogP contribution is 2.25. The normalized spacial score (nSPS) is 17.4. The van der Waals surface area contributed by atoms with Crippen molar-refractivity contribution in [3.05, 3.63) is 35.4 Å². The van der Waals surface area contributed by atoms with Crippen LogP contribution in [0.5, 0.6) is 0 Å². The van der Waals surface area contributed by atoms with E-state index in [1.54, 1.807) is 4.90 Å². The highest BCUT2D eigenvalue weighted by Gasteiger charge is 2.28. The van der Waals surface area contributed by atoms with Crippen LogP contribution >= 0.6 is 0 Å². The number of amides is 2. The zero-order valence-corrected chi connectivity index (χ0v) is 15.0. The molecule has 0 unspecified atom stereocenters. The fourth-order valence-electron chi connectivity index (χ4n) is 3.47. The lowest BCUT2D eigenvalue weighted by Gasteiger charge is -2.32. The molecule has 2 aromatic heterocycles. The van der Waals surface area contributed by atoms with Crippen molar-refractivity contribution in [2.24, 2.45) is 7.05 Å². The molecule has 1 fully saturated rings. The van der Waals surface area contributed by atoms with Crippen LogP contribution in [0.15, 0.2) is 22.8 Å². The zero-order chi connectivity index (χ0) is 18.8. The van der Waals surface area contributed by atoms with Crippen LogP contribution in [0.25, 0.3) is 11.0 Å². The van der Waals surface area contributed by atoms with Crippen LogP contribution in [0, 0.1) is 0 Å². The quantitative estimate of drug-likeness (QED) is 0.699. The van der Waals surface area contributed by atoms with Gasteiger partial charge in [-0.2, -0.15) is 0 Å². The van der Waals surface area contributed by atoms with E-state index in [-0.39, 0.29) is 18.6 Å². The summed E-state index contributed by atoms with van der Waals surface area (Å²) in [7, 11) is 1.84. The summed E-state index contributed by atoms with van der Waals surface area (Å²) in [4.78, 5) is 14.4. The minimum Gasteiger partial charge on any atom is -0.388 e. The molecule has 0 radical (unpaired) electrons. The van der Waals surface area contributed by atoms with E-state index in [2.05, 4.69) is 30.5 Å². The van der Waals surface area contributed by atoms with Crippen molar-refractivity contribution in [3.8, 4) is 0 Å². The molecule has 2 amide bonds. The van der Waals surface area contributed by atoms with Gasteiger partial charge in [0.15, 0.2) is 5.82 Å². The molecule has 10 nitrogen and oxygen atoms in total. The van der Waals surface area contributed by atoms with Crippen molar-refractivity contribution in [2.45, 2.75) is 31.9 Å². The van der Waals surface area contributed by atoms with Crippen molar-refractivity contribution < 1.29 is 14.5 Å². The maximum absolute atomic E-state index is 12.6. The number of fused-ring (bicyclic) bond motifs is 1. The van der Waals surface area contributed by atoms with E-state index < -0.39 is 0 Å². The van der Waals surface area contributed by atoms with Crippen LogP contribution in [0.2, 0.25) is 0 Å². The Hall–Kier alpha value is -3.01. The van der Waals surface area contributed by atoms with Gasteiger partial charge in [-0.3, -0.25) is 0 Å². The first kappa shape index (κ1) is 17.4. The number of nitrogens with one attached hydrogen (secondary N) is 1. The Morgan fingerprint density at radius 2 is 2.19 bits per heavy atom. The molecule has 3 heterocycles. The van der Waals surface area contributed by atoms with E-state index in [9.17, 15) is 9.90 Å². The molecule has 0 bridgehead atoms. The van der Waals surface area contributed by atoms with Gasteiger partial charge in [0.05, 0.1) is 0 Å². The Morgan fingerprint density at radius 1 is 1.33 bits per heavy atom. The number of rotatable bonds is 4. The number of urea groups is 1. The lowest BCUT2D eigenvalue weighted by molar-refractivity contribution is 0.177. The molecule has 0 spiro atoms. The summed E-state index contributed by atoms with van der Waals surface area (Å²) in [6.45, 7) is 1.54. The van der Waals surface area contributed by atoms with Gasteiger partial charge in [0, 0.05) is 32.6 Å². The van der Waals surface area contributed by atoms with Gasteiger partial charge < -0.3 is 19.9 Å². The van der Waals surface area contributed by atoms with Gasteiger partial charge in [-0.1, -0.05) is 6.07 Å². The number of aliphatic hydroxyl groups excluding tert-OH is 1. The standard InChI is InChI=1S/C17H21N7O3/c1-23-15(10-25)19-20-16(23)12-3-2-6-24(9-12)17(26)18-8-11-4-5-13-14(7-11)22-27-21-13/h4-5,7,12,25H,2-3,6,8-10H2,1H3,(H,18,26)/t12-/m0/s1. The molecular formula is C17H21N7O3. The maximum atomic E-state index is 12.6. The number of nitrogens with zero attached hydrogens (tertiary/aromatic N) is 6. The lowest BCUT2D eigenvalue weighted by atomic mass is 9.97. The van der Waals surface area contributed by atoms with E-state index in [0.717, 1.165) is 24.2 Å². The third kappa shape index (κ3) is 3.47. The highest BCUT2D eigenvalue weighted by atomic mass is 16.6. The van der Waals surface area contributed by atoms with Crippen LogP contribution in [0.3, 0.4) is 0 Å². The van der Waals surface area contributed by atoms with E-state index in [1.807, 2.05) is 29.8 Å². The van der Waals surface area contributed by atoms with Crippen LogP contribution in [-0.4, -0.2) is 54.2 Å². The van der Waals surface area contributed by atoms with Crippen molar-refractivity contribution in [1.82, 2.24) is 35.3 Å². The molecule has 1 atom stereocenters. The van der Waals surface area contributed by atoms with Gasteiger partial charge in [-0.15, -0.1) is 10.2 Å². The summed E-state index contributed by atoms with van der Waals surface area (Å²) in [5, 5.41) is 28.0. The number of carbonyl (C=O) groups excluding carboxylic acids is 1. The summed E-state index contributed by atoms with van der Waals surface area (Å²) in [6.07, 6.45) is 1.84. The number of aliphatic hydroxyl groups is 1. The summed E-state index contributed by atoms with van der Waals surface area (Å²) < 4.78 is 6.50.